The van der Waals surface area contributed by atoms with E-state index in [-0.39, 0.29) is 11.0 Å². The predicted octanol–water partition coefficient (Wildman–Crippen LogP) is 4.23. The molecule has 0 aliphatic carbocycles. The van der Waals surface area contributed by atoms with E-state index in [2.05, 4.69) is 4.99 Å². The summed E-state index contributed by atoms with van der Waals surface area (Å²) >= 11 is 2.23. The van der Waals surface area contributed by atoms with Crippen LogP contribution in [0.5, 0.6) is 0 Å². The molecule has 1 heterocycles. The smallest absolute Gasteiger partial charge is 0.281 e. The highest BCUT2D eigenvalue weighted by Crippen LogP contribution is 2.34. The molecule has 0 aromatic heterocycles. The quantitative estimate of drug-likeness (QED) is 0.775. The van der Waals surface area contributed by atoms with E-state index in [1.165, 1.54) is 11.8 Å². The van der Waals surface area contributed by atoms with Crippen LogP contribution in [-0.2, 0) is 4.79 Å². The van der Waals surface area contributed by atoms with Crippen LogP contribution in [0.4, 0.5) is 0 Å². The second-order valence-corrected chi connectivity index (χ2v) is 6.71. The van der Waals surface area contributed by atoms with Gasteiger partial charge in [0, 0.05) is 5.56 Å². The standard InChI is InChI=1S/C17H11NO2S2/c19-15-14(11-12-7-3-1-4-8-12)21-17(18-15)22-16(20)13-9-5-2-6-10-13/h1-11H/b14-11+. The van der Waals surface area contributed by atoms with Gasteiger partial charge in [0.1, 0.15) is 4.38 Å². The Morgan fingerprint density at radius 1 is 1.00 bits per heavy atom. The molecule has 22 heavy (non-hydrogen) atoms. The minimum atomic E-state index is -0.294. The van der Waals surface area contributed by atoms with Gasteiger partial charge in [-0.25, -0.2) is 0 Å². The predicted molar refractivity (Wildman–Crippen MR) is 92.8 cm³/mol. The summed E-state index contributed by atoms with van der Waals surface area (Å²) in [4.78, 5) is 28.5. The summed E-state index contributed by atoms with van der Waals surface area (Å²) in [6.45, 7) is 0. The number of thioether (sulfide) groups is 2. The molecule has 0 atom stereocenters. The lowest BCUT2D eigenvalue weighted by Crippen LogP contribution is -1.95. The highest BCUT2D eigenvalue weighted by atomic mass is 32.2. The van der Waals surface area contributed by atoms with Gasteiger partial charge < -0.3 is 0 Å². The molecule has 0 saturated carbocycles. The van der Waals surface area contributed by atoms with Crippen LogP contribution >= 0.6 is 23.5 Å². The van der Waals surface area contributed by atoms with Crippen LogP contribution in [0.25, 0.3) is 6.08 Å². The Morgan fingerprint density at radius 2 is 1.64 bits per heavy atom. The second-order valence-electron chi connectivity index (χ2n) is 4.46. The summed E-state index contributed by atoms with van der Waals surface area (Å²) < 4.78 is 0.473. The first-order valence-electron chi connectivity index (χ1n) is 6.57. The monoisotopic (exact) mass is 325 g/mol. The summed E-state index contributed by atoms with van der Waals surface area (Å²) in [5, 5.41) is -0.111. The largest absolute Gasteiger partial charge is 0.285 e. The fraction of sp³-hybridized carbons (Fsp3) is 0. The van der Waals surface area contributed by atoms with Crippen molar-refractivity contribution in [3.05, 3.63) is 76.7 Å². The molecule has 0 saturated heterocycles. The maximum atomic E-state index is 12.1. The van der Waals surface area contributed by atoms with Gasteiger partial charge in [-0.1, -0.05) is 72.4 Å². The zero-order valence-corrected chi connectivity index (χ0v) is 13.1. The highest BCUT2D eigenvalue weighted by Gasteiger charge is 2.24. The number of benzene rings is 2. The molecule has 0 spiro atoms. The van der Waals surface area contributed by atoms with E-state index >= 15 is 0 Å². The lowest BCUT2D eigenvalue weighted by molar-refractivity contribution is -0.113. The fourth-order valence-electron chi connectivity index (χ4n) is 1.85. The lowest BCUT2D eigenvalue weighted by Gasteiger charge is -1.99. The van der Waals surface area contributed by atoms with E-state index in [9.17, 15) is 9.59 Å². The minimum Gasteiger partial charge on any atom is -0.281 e. The average Bonchev–Trinajstić information content (AvgIpc) is 2.88. The van der Waals surface area contributed by atoms with Crippen LogP contribution in [0.1, 0.15) is 15.9 Å². The van der Waals surface area contributed by atoms with Crippen molar-refractivity contribution in [2.75, 3.05) is 0 Å². The van der Waals surface area contributed by atoms with Crippen molar-refractivity contribution in [3.63, 3.8) is 0 Å². The van der Waals surface area contributed by atoms with Gasteiger partial charge in [-0.3, -0.25) is 9.59 Å². The van der Waals surface area contributed by atoms with Crippen LogP contribution < -0.4 is 0 Å². The summed E-state index contributed by atoms with van der Waals surface area (Å²) in [5.74, 6) is -0.294. The first-order chi connectivity index (χ1) is 10.7. The molecule has 2 aromatic carbocycles. The van der Waals surface area contributed by atoms with Gasteiger partial charge in [0.15, 0.2) is 0 Å². The number of hydrogen-bond donors (Lipinski definition) is 0. The van der Waals surface area contributed by atoms with Gasteiger partial charge in [0.05, 0.1) is 4.91 Å². The third kappa shape index (κ3) is 3.55. The van der Waals surface area contributed by atoms with Crippen molar-refractivity contribution in [3.8, 4) is 0 Å². The fourth-order valence-corrected chi connectivity index (χ4v) is 3.70. The van der Waals surface area contributed by atoms with Gasteiger partial charge in [0.2, 0.25) is 5.12 Å². The molecular formula is C17H11NO2S2. The Kier molecular flexibility index (Phi) is 4.56. The summed E-state index contributed by atoms with van der Waals surface area (Å²) in [6.07, 6.45) is 1.79. The molecule has 3 nitrogen and oxygen atoms in total. The normalized spacial score (nSPS) is 15.9. The molecule has 0 bridgehead atoms. The molecule has 0 radical (unpaired) electrons. The molecule has 5 heteroatoms. The van der Waals surface area contributed by atoms with E-state index < -0.39 is 0 Å². The molecule has 3 rings (SSSR count). The molecule has 0 fully saturated rings. The molecule has 108 valence electrons. The van der Waals surface area contributed by atoms with Crippen molar-refractivity contribution in [2.24, 2.45) is 4.99 Å². The van der Waals surface area contributed by atoms with E-state index in [4.69, 9.17) is 0 Å². The van der Waals surface area contributed by atoms with Crippen molar-refractivity contribution in [2.45, 2.75) is 0 Å². The number of carbonyl (C=O) groups excluding carboxylic acids is 2. The van der Waals surface area contributed by atoms with Gasteiger partial charge in [-0.15, -0.1) is 0 Å². The van der Waals surface area contributed by atoms with E-state index in [0.717, 1.165) is 17.3 Å². The van der Waals surface area contributed by atoms with E-state index in [1.54, 1.807) is 18.2 Å². The minimum absolute atomic E-state index is 0.111. The van der Waals surface area contributed by atoms with E-state index in [0.29, 0.717) is 14.8 Å². The summed E-state index contributed by atoms with van der Waals surface area (Å²) in [7, 11) is 0. The maximum absolute atomic E-state index is 12.1. The number of aliphatic imine (C=N–C) groups is 1. The Balaban J connectivity index is 1.71. The van der Waals surface area contributed by atoms with Crippen molar-refractivity contribution in [1.82, 2.24) is 0 Å². The number of rotatable bonds is 2. The van der Waals surface area contributed by atoms with Crippen LogP contribution in [0.3, 0.4) is 0 Å². The van der Waals surface area contributed by atoms with Crippen LogP contribution in [0, 0.1) is 0 Å². The molecule has 1 amide bonds. The van der Waals surface area contributed by atoms with Gasteiger partial charge >= 0.3 is 0 Å². The van der Waals surface area contributed by atoms with Crippen molar-refractivity contribution < 1.29 is 9.59 Å². The van der Waals surface area contributed by atoms with Gasteiger partial charge in [0.25, 0.3) is 5.91 Å². The number of carbonyl (C=O) groups is 2. The van der Waals surface area contributed by atoms with E-state index in [1.807, 2.05) is 48.5 Å². The Bertz CT molecular complexity index is 768. The average molecular weight is 325 g/mol. The van der Waals surface area contributed by atoms with Crippen molar-refractivity contribution in [1.29, 1.82) is 0 Å². The summed E-state index contributed by atoms with van der Waals surface area (Å²) in [6, 6.07) is 18.5. The number of hydrogen-bond acceptors (Lipinski definition) is 4. The van der Waals surface area contributed by atoms with Gasteiger partial charge in [-0.05, 0) is 23.4 Å². The van der Waals surface area contributed by atoms with Crippen molar-refractivity contribution >= 4 is 45.0 Å². The molecule has 1 aliphatic heterocycles. The number of amides is 1. The molecule has 2 aromatic rings. The molecule has 1 aliphatic rings. The SMILES string of the molecule is O=C1N=C(SC(=O)c2ccccc2)S/C1=C/c1ccccc1. The molecule has 0 N–H and O–H groups in total. The maximum Gasteiger partial charge on any atom is 0.285 e. The zero-order chi connectivity index (χ0) is 15.4. The third-order valence-corrected chi connectivity index (χ3v) is 4.85. The second kappa shape index (κ2) is 6.77. The first-order valence-corrected chi connectivity index (χ1v) is 8.20. The van der Waals surface area contributed by atoms with Crippen LogP contribution in [0.2, 0.25) is 0 Å². The van der Waals surface area contributed by atoms with Crippen LogP contribution in [-0.4, -0.2) is 15.4 Å². The molecule has 0 unspecified atom stereocenters. The topological polar surface area (TPSA) is 46.5 Å². The Labute approximate surface area is 136 Å². The zero-order valence-electron chi connectivity index (χ0n) is 11.4. The number of nitrogens with zero attached hydrogens (tertiary/aromatic N) is 1. The highest BCUT2D eigenvalue weighted by molar-refractivity contribution is 8.46. The van der Waals surface area contributed by atoms with Crippen LogP contribution in [0.15, 0.2) is 70.6 Å². The Morgan fingerprint density at radius 3 is 2.32 bits per heavy atom. The first kappa shape index (κ1) is 14.8. The lowest BCUT2D eigenvalue weighted by atomic mass is 10.2. The van der Waals surface area contributed by atoms with Gasteiger partial charge in [-0.2, -0.15) is 4.99 Å². The molecular weight excluding hydrogens is 314 g/mol. The Hall–Kier alpha value is -2.11. The third-order valence-electron chi connectivity index (χ3n) is 2.89. The summed E-state index contributed by atoms with van der Waals surface area (Å²) in [5.41, 5.74) is 1.54.